The predicted octanol–water partition coefficient (Wildman–Crippen LogP) is 4.64. The molecule has 0 unspecified atom stereocenters. The maximum Gasteiger partial charge on any atom is 0.337 e. The molecule has 4 aromatic rings. The fraction of sp³-hybridized carbons (Fsp3) is 0.143. The minimum absolute atomic E-state index is 0.00133. The average molecular weight is 498 g/mol. The molecule has 0 fully saturated rings. The van der Waals surface area contributed by atoms with Gasteiger partial charge in [-0.2, -0.15) is 0 Å². The van der Waals surface area contributed by atoms with Crippen LogP contribution in [0.1, 0.15) is 38.3 Å². The number of carbonyl (C=O) groups excluding carboxylic acids is 2. The first-order valence-corrected chi connectivity index (χ1v) is 11.6. The third-order valence-corrected chi connectivity index (χ3v) is 6.25. The van der Waals surface area contributed by atoms with E-state index in [9.17, 15) is 19.5 Å². The van der Waals surface area contributed by atoms with Crippen LogP contribution in [0.4, 0.5) is 16.2 Å². The number of aromatic carboxylic acids is 1. The van der Waals surface area contributed by atoms with E-state index in [0.717, 1.165) is 11.1 Å². The Kier molecular flexibility index (Phi) is 7.06. The Morgan fingerprint density at radius 1 is 1.03 bits per heavy atom. The predicted molar refractivity (Wildman–Crippen MR) is 144 cm³/mol. The zero-order chi connectivity index (χ0) is 26.7. The lowest BCUT2D eigenvalue weighted by Crippen LogP contribution is -2.32. The number of nitrogens with two attached hydrogens (primary N) is 1. The number of nitrogen functional groups attached to an aromatic ring is 1. The smallest absolute Gasteiger partial charge is 0.337 e. The summed E-state index contributed by atoms with van der Waals surface area (Å²) in [5.74, 6) is -1.16. The van der Waals surface area contributed by atoms with Crippen LogP contribution in [0.15, 0.2) is 72.9 Å². The van der Waals surface area contributed by atoms with E-state index in [1.807, 2.05) is 29.8 Å². The number of amides is 2. The largest absolute Gasteiger partial charge is 0.478 e. The molecule has 0 bridgehead atoms. The highest BCUT2D eigenvalue weighted by Crippen LogP contribution is 2.27. The number of aryl methyl sites for hydroxylation is 2. The zero-order valence-electron chi connectivity index (χ0n) is 20.5. The number of hydrogen-bond acceptors (Lipinski definition) is 4. The van der Waals surface area contributed by atoms with Crippen molar-refractivity contribution in [1.82, 2.24) is 4.57 Å². The number of fused-ring (bicyclic) bond motifs is 1. The normalized spacial score (nSPS) is 10.8. The highest BCUT2D eigenvalue weighted by molar-refractivity contribution is 6.10. The van der Waals surface area contributed by atoms with Crippen molar-refractivity contribution in [3.63, 3.8) is 0 Å². The number of anilines is 2. The van der Waals surface area contributed by atoms with Gasteiger partial charge in [0.1, 0.15) is 5.84 Å². The molecule has 4 rings (SSSR count). The van der Waals surface area contributed by atoms with Crippen LogP contribution in [-0.4, -0.2) is 40.3 Å². The summed E-state index contributed by atoms with van der Waals surface area (Å²) in [6, 6.07) is 18.3. The van der Waals surface area contributed by atoms with E-state index in [0.29, 0.717) is 35.0 Å². The standard InChI is InChI=1S/C28H27N5O4/c1-32-16-22(25(34)14-9-17-7-10-18(11-8-17)26(29)30)21-15-19(12-13-23(21)32)31-28(37)33(2)24-6-4-3-5-20(24)27(35)36/h3-8,10-13,15-16H,9,14H2,1-2H3,(H3,29,30)(H,31,37)(H,35,36). The number of Topliss-reactive ketones (excluding diaryl/α,β-unsaturated/α-hetero) is 1. The topological polar surface area (TPSA) is 142 Å². The monoisotopic (exact) mass is 497 g/mol. The first-order valence-electron chi connectivity index (χ1n) is 11.6. The number of aromatic nitrogens is 1. The molecule has 0 aliphatic heterocycles. The van der Waals surface area contributed by atoms with Crippen LogP contribution in [0.5, 0.6) is 0 Å². The molecule has 5 N–H and O–H groups in total. The van der Waals surface area contributed by atoms with Crippen molar-refractivity contribution < 1.29 is 19.5 Å². The summed E-state index contributed by atoms with van der Waals surface area (Å²) >= 11 is 0. The zero-order valence-corrected chi connectivity index (χ0v) is 20.5. The first kappa shape index (κ1) is 25.2. The summed E-state index contributed by atoms with van der Waals surface area (Å²) in [6.07, 6.45) is 2.62. The molecule has 0 saturated heterocycles. The molecular weight excluding hydrogens is 470 g/mol. The molecule has 9 nitrogen and oxygen atoms in total. The number of hydrogen-bond donors (Lipinski definition) is 4. The van der Waals surface area contributed by atoms with Crippen molar-refractivity contribution in [1.29, 1.82) is 5.41 Å². The minimum Gasteiger partial charge on any atom is -0.478 e. The van der Waals surface area contributed by atoms with Crippen LogP contribution < -0.4 is 16.0 Å². The van der Waals surface area contributed by atoms with Crippen molar-refractivity contribution in [2.24, 2.45) is 12.8 Å². The van der Waals surface area contributed by atoms with Gasteiger partial charge < -0.3 is 20.7 Å². The van der Waals surface area contributed by atoms with Crippen LogP contribution in [0.25, 0.3) is 10.9 Å². The Balaban J connectivity index is 1.52. The van der Waals surface area contributed by atoms with Gasteiger partial charge in [-0.1, -0.05) is 36.4 Å². The third kappa shape index (κ3) is 5.35. The Hall–Kier alpha value is -4.92. The summed E-state index contributed by atoms with van der Waals surface area (Å²) in [5.41, 5.74) is 9.26. The van der Waals surface area contributed by atoms with Crippen molar-refractivity contribution >= 4 is 45.9 Å². The number of urea groups is 1. The van der Waals surface area contributed by atoms with Gasteiger partial charge in [0.2, 0.25) is 0 Å². The molecule has 188 valence electrons. The van der Waals surface area contributed by atoms with Gasteiger partial charge in [0, 0.05) is 54.4 Å². The van der Waals surface area contributed by atoms with E-state index in [-0.39, 0.29) is 22.9 Å². The van der Waals surface area contributed by atoms with Gasteiger partial charge in [-0.3, -0.25) is 15.1 Å². The molecule has 0 spiro atoms. The second-order valence-electron chi connectivity index (χ2n) is 8.73. The maximum absolute atomic E-state index is 13.1. The fourth-order valence-corrected chi connectivity index (χ4v) is 4.20. The van der Waals surface area contributed by atoms with Gasteiger partial charge in [-0.05, 0) is 42.3 Å². The summed E-state index contributed by atoms with van der Waals surface area (Å²) in [7, 11) is 3.35. The van der Waals surface area contributed by atoms with Crippen LogP contribution in [0.3, 0.4) is 0 Å². The number of carboxylic acids is 1. The Bertz CT molecular complexity index is 1520. The summed E-state index contributed by atoms with van der Waals surface area (Å²) in [4.78, 5) is 38.8. The molecule has 0 aliphatic carbocycles. The lowest BCUT2D eigenvalue weighted by atomic mass is 10.0. The van der Waals surface area contributed by atoms with E-state index in [4.69, 9.17) is 11.1 Å². The molecule has 0 saturated carbocycles. The van der Waals surface area contributed by atoms with E-state index in [2.05, 4.69) is 5.32 Å². The Labute approximate surface area is 213 Å². The second-order valence-corrected chi connectivity index (χ2v) is 8.73. The van der Waals surface area contributed by atoms with Crippen LogP contribution >= 0.6 is 0 Å². The second kappa shape index (κ2) is 10.4. The number of amidine groups is 1. The van der Waals surface area contributed by atoms with Gasteiger partial charge in [0.05, 0.1) is 11.3 Å². The highest BCUT2D eigenvalue weighted by Gasteiger charge is 2.19. The molecule has 0 aliphatic rings. The van der Waals surface area contributed by atoms with Gasteiger partial charge in [-0.15, -0.1) is 0 Å². The summed E-state index contributed by atoms with van der Waals surface area (Å²) in [5, 5.41) is 20.4. The van der Waals surface area contributed by atoms with E-state index >= 15 is 0 Å². The summed E-state index contributed by atoms with van der Waals surface area (Å²) < 4.78 is 1.87. The molecule has 3 aromatic carbocycles. The van der Waals surface area contributed by atoms with Crippen LogP contribution in [-0.2, 0) is 13.5 Å². The first-order chi connectivity index (χ1) is 17.7. The quantitative estimate of drug-likeness (QED) is 0.159. The van der Waals surface area contributed by atoms with Crippen molar-refractivity contribution in [3.05, 3.63) is 95.2 Å². The number of para-hydroxylation sites is 1. The molecule has 37 heavy (non-hydrogen) atoms. The number of rotatable bonds is 8. The number of benzene rings is 3. The molecular formula is C28H27N5O4. The maximum atomic E-state index is 13.1. The lowest BCUT2D eigenvalue weighted by molar-refractivity contribution is 0.0697. The molecule has 2 amide bonds. The number of nitrogens with one attached hydrogen (secondary N) is 2. The average Bonchev–Trinajstić information content (AvgIpc) is 3.22. The SMILES string of the molecule is CN(C(=O)Nc1ccc2c(c1)c(C(=O)CCc1ccc(C(=N)N)cc1)cn2C)c1ccccc1C(=O)O. The van der Waals surface area contributed by atoms with Gasteiger partial charge >= 0.3 is 12.0 Å². The number of ketones is 1. The highest BCUT2D eigenvalue weighted by atomic mass is 16.4. The van der Waals surface area contributed by atoms with Crippen LogP contribution in [0.2, 0.25) is 0 Å². The molecule has 9 heteroatoms. The Morgan fingerprint density at radius 3 is 2.41 bits per heavy atom. The van der Waals surface area contributed by atoms with E-state index in [1.165, 1.54) is 18.0 Å². The van der Waals surface area contributed by atoms with Crippen molar-refractivity contribution in [3.8, 4) is 0 Å². The van der Waals surface area contributed by atoms with Crippen LogP contribution in [0, 0.1) is 5.41 Å². The van der Waals surface area contributed by atoms with E-state index < -0.39 is 12.0 Å². The molecule has 0 radical (unpaired) electrons. The molecule has 1 aromatic heterocycles. The van der Waals surface area contributed by atoms with Crippen molar-refractivity contribution in [2.45, 2.75) is 12.8 Å². The number of nitrogens with zero attached hydrogens (tertiary/aromatic N) is 2. The minimum atomic E-state index is -1.13. The molecule has 1 heterocycles. The summed E-state index contributed by atoms with van der Waals surface area (Å²) in [6.45, 7) is 0. The molecule has 0 atom stereocenters. The van der Waals surface area contributed by atoms with E-state index in [1.54, 1.807) is 48.7 Å². The van der Waals surface area contributed by atoms with Gasteiger partial charge in [-0.25, -0.2) is 9.59 Å². The number of carbonyl (C=O) groups is 3. The Morgan fingerprint density at radius 2 is 1.73 bits per heavy atom. The van der Waals surface area contributed by atoms with Gasteiger partial charge in [0.25, 0.3) is 0 Å². The van der Waals surface area contributed by atoms with Crippen molar-refractivity contribution in [2.75, 3.05) is 17.3 Å². The third-order valence-electron chi connectivity index (χ3n) is 6.25. The van der Waals surface area contributed by atoms with Gasteiger partial charge in [0.15, 0.2) is 5.78 Å². The fourth-order valence-electron chi connectivity index (χ4n) is 4.20. The lowest BCUT2D eigenvalue weighted by Gasteiger charge is -2.20. The number of carboxylic acid groups (broad SMARTS) is 1.